The zero-order valence-electron chi connectivity index (χ0n) is 15.1. The molecular weight excluding hydrogens is 272 g/mol. The van der Waals surface area contributed by atoms with E-state index in [0.717, 1.165) is 12.3 Å². The van der Waals surface area contributed by atoms with E-state index in [9.17, 15) is 4.79 Å². The maximum atomic E-state index is 11.1. The third-order valence-electron chi connectivity index (χ3n) is 4.37. The van der Waals surface area contributed by atoms with Crippen LogP contribution < -0.4 is 0 Å². The van der Waals surface area contributed by atoms with E-state index >= 15 is 0 Å². The summed E-state index contributed by atoms with van der Waals surface area (Å²) in [6.07, 6.45) is 18.3. The van der Waals surface area contributed by atoms with Crippen LogP contribution in [0.5, 0.6) is 0 Å². The molecule has 2 heteroatoms. The fourth-order valence-corrected chi connectivity index (χ4v) is 2.89. The van der Waals surface area contributed by atoms with Crippen molar-refractivity contribution < 1.29 is 9.53 Å². The molecule has 0 aliphatic carbocycles. The maximum absolute atomic E-state index is 11.1. The van der Waals surface area contributed by atoms with Crippen molar-refractivity contribution in [2.75, 3.05) is 6.61 Å². The summed E-state index contributed by atoms with van der Waals surface area (Å²) in [5.41, 5.74) is 0. The molecule has 0 bridgehead atoms. The Morgan fingerprint density at radius 1 is 0.864 bits per heavy atom. The molecule has 0 radical (unpaired) electrons. The van der Waals surface area contributed by atoms with Crippen LogP contribution in [0.15, 0.2) is 12.7 Å². The van der Waals surface area contributed by atoms with E-state index in [4.69, 9.17) is 4.74 Å². The van der Waals surface area contributed by atoms with Gasteiger partial charge in [-0.3, -0.25) is 0 Å². The standard InChI is InChI=1S/C20H38O2/c1-4-7-9-11-13-15-19(16-14-12-10-8-5-2)17-18-22-20(21)6-3/h6,19H,3-5,7-18H2,1-2H3. The highest BCUT2D eigenvalue weighted by atomic mass is 16.5. The number of rotatable bonds is 16. The number of carbonyl (C=O) groups excluding carboxylic acids is 1. The summed E-state index contributed by atoms with van der Waals surface area (Å²) in [6, 6.07) is 0. The van der Waals surface area contributed by atoms with Gasteiger partial charge in [-0.15, -0.1) is 0 Å². The Bertz CT molecular complexity index is 246. The van der Waals surface area contributed by atoms with E-state index in [1.807, 2.05) is 0 Å². The molecule has 0 heterocycles. The van der Waals surface area contributed by atoms with Crippen molar-refractivity contribution in [2.24, 2.45) is 5.92 Å². The van der Waals surface area contributed by atoms with E-state index in [-0.39, 0.29) is 5.97 Å². The van der Waals surface area contributed by atoms with E-state index < -0.39 is 0 Å². The highest BCUT2D eigenvalue weighted by Crippen LogP contribution is 2.22. The first kappa shape index (κ1) is 21.2. The zero-order valence-corrected chi connectivity index (χ0v) is 15.1. The number of carbonyl (C=O) groups is 1. The normalized spacial score (nSPS) is 10.9. The summed E-state index contributed by atoms with van der Waals surface area (Å²) in [6.45, 7) is 8.51. The molecule has 2 nitrogen and oxygen atoms in total. The second-order valence-corrected chi connectivity index (χ2v) is 6.43. The van der Waals surface area contributed by atoms with Gasteiger partial charge in [0.25, 0.3) is 0 Å². The Balaban J connectivity index is 3.86. The molecule has 0 aliphatic rings. The summed E-state index contributed by atoms with van der Waals surface area (Å²) in [7, 11) is 0. The lowest BCUT2D eigenvalue weighted by Gasteiger charge is -2.16. The quantitative estimate of drug-likeness (QED) is 0.186. The minimum atomic E-state index is -0.287. The van der Waals surface area contributed by atoms with Crippen molar-refractivity contribution in [3.8, 4) is 0 Å². The molecule has 0 aromatic heterocycles. The van der Waals surface area contributed by atoms with Crippen LogP contribution in [0.3, 0.4) is 0 Å². The number of esters is 1. The minimum Gasteiger partial charge on any atom is -0.463 e. The summed E-state index contributed by atoms with van der Waals surface area (Å²) in [5, 5.41) is 0. The van der Waals surface area contributed by atoms with Gasteiger partial charge >= 0.3 is 5.97 Å². The number of unbranched alkanes of at least 4 members (excludes halogenated alkanes) is 8. The molecule has 0 saturated heterocycles. The summed E-state index contributed by atoms with van der Waals surface area (Å²) in [4.78, 5) is 11.1. The molecule has 0 spiro atoms. The Kier molecular flexibility index (Phi) is 16.0. The Hall–Kier alpha value is -0.790. The average Bonchev–Trinajstić information content (AvgIpc) is 2.53. The highest BCUT2D eigenvalue weighted by Gasteiger charge is 2.09. The molecule has 0 amide bonds. The number of hydrogen-bond acceptors (Lipinski definition) is 2. The monoisotopic (exact) mass is 310 g/mol. The van der Waals surface area contributed by atoms with Crippen LogP contribution in [0, 0.1) is 5.92 Å². The third kappa shape index (κ3) is 14.2. The average molecular weight is 311 g/mol. The molecule has 0 atom stereocenters. The molecule has 0 aromatic carbocycles. The van der Waals surface area contributed by atoms with Crippen LogP contribution in [0.2, 0.25) is 0 Å². The van der Waals surface area contributed by atoms with Gasteiger partial charge in [-0.25, -0.2) is 4.79 Å². The molecule has 22 heavy (non-hydrogen) atoms. The number of ether oxygens (including phenoxy) is 1. The third-order valence-corrected chi connectivity index (χ3v) is 4.37. The van der Waals surface area contributed by atoms with Crippen molar-refractivity contribution in [3.63, 3.8) is 0 Å². The number of hydrogen-bond donors (Lipinski definition) is 0. The second-order valence-electron chi connectivity index (χ2n) is 6.43. The van der Waals surface area contributed by atoms with Crippen molar-refractivity contribution in [2.45, 2.75) is 97.3 Å². The van der Waals surface area contributed by atoms with Crippen molar-refractivity contribution in [1.82, 2.24) is 0 Å². The van der Waals surface area contributed by atoms with Gasteiger partial charge in [0, 0.05) is 6.08 Å². The van der Waals surface area contributed by atoms with E-state index in [1.54, 1.807) is 0 Å². The zero-order chi connectivity index (χ0) is 16.5. The largest absolute Gasteiger partial charge is 0.463 e. The topological polar surface area (TPSA) is 26.3 Å². The van der Waals surface area contributed by atoms with Crippen LogP contribution in [0.25, 0.3) is 0 Å². The first-order valence-electron chi connectivity index (χ1n) is 9.53. The molecule has 0 rings (SSSR count). The highest BCUT2D eigenvalue weighted by molar-refractivity contribution is 5.81. The first-order valence-corrected chi connectivity index (χ1v) is 9.53. The fraction of sp³-hybridized carbons (Fsp3) is 0.850. The van der Waals surface area contributed by atoms with Crippen molar-refractivity contribution in [3.05, 3.63) is 12.7 Å². The Morgan fingerprint density at radius 2 is 1.36 bits per heavy atom. The fourth-order valence-electron chi connectivity index (χ4n) is 2.89. The van der Waals surface area contributed by atoms with Crippen LogP contribution in [0.4, 0.5) is 0 Å². The molecule has 0 fully saturated rings. The predicted octanol–water partition coefficient (Wildman–Crippen LogP) is 6.44. The molecule has 130 valence electrons. The van der Waals surface area contributed by atoms with Crippen LogP contribution in [-0.4, -0.2) is 12.6 Å². The van der Waals surface area contributed by atoms with Crippen LogP contribution in [0.1, 0.15) is 97.3 Å². The SMILES string of the molecule is C=CC(=O)OCCC(CCCCCCC)CCCCCCC. The van der Waals surface area contributed by atoms with E-state index in [0.29, 0.717) is 6.61 Å². The lowest BCUT2D eigenvalue weighted by molar-refractivity contribution is -0.138. The minimum absolute atomic E-state index is 0.287. The van der Waals surface area contributed by atoms with Gasteiger partial charge in [-0.1, -0.05) is 97.5 Å². The first-order chi connectivity index (χ1) is 10.7. The van der Waals surface area contributed by atoms with Gasteiger partial charge in [0.2, 0.25) is 0 Å². The lowest BCUT2D eigenvalue weighted by atomic mass is 9.92. The molecule has 0 aliphatic heterocycles. The van der Waals surface area contributed by atoms with E-state index in [2.05, 4.69) is 20.4 Å². The van der Waals surface area contributed by atoms with Gasteiger partial charge in [0.05, 0.1) is 6.61 Å². The van der Waals surface area contributed by atoms with Gasteiger partial charge in [-0.2, -0.15) is 0 Å². The van der Waals surface area contributed by atoms with E-state index in [1.165, 1.54) is 83.1 Å². The van der Waals surface area contributed by atoms with Gasteiger partial charge in [0.15, 0.2) is 0 Å². The molecule has 0 saturated carbocycles. The van der Waals surface area contributed by atoms with Gasteiger partial charge < -0.3 is 4.74 Å². The molecule has 0 aromatic rings. The summed E-state index contributed by atoms with van der Waals surface area (Å²) >= 11 is 0. The summed E-state index contributed by atoms with van der Waals surface area (Å²) < 4.78 is 5.15. The predicted molar refractivity (Wildman–Crippen MR) is 96.0 cm³/mol. The Labute approximate surface area is 138 Å². The molecule has 0 N–H and O–H groups in total. The maximum Gasteiger partial charge on any atom is 0.330 e. The van der Waals surface area contributed by atoms with Crippen molar-refractivity contribution in [1.29, 1.82) is 0 Å². The van der Waals surface area contributed by atoms with Gasteiger partial charge in [0.1, 0.15) is 0 Å². The second kappa shape index (κ2) is 16.6. The van der Waals surface area contributed by atoms with Gasteiger partial charge in [-0.05, 0) is 12.3 Å². The Morgan fingerprint density at radius 3 is 1.82 bits per heavy atom. The van der Waals surface area contributed by atoms with Crippen molar-refractivity contribution >= 4 is 5.97 Å². The smallest absolute Gasteiger partial charge is 0.330 e. The molecule has 0 unspecified atom stereocenters. The van der Waals surface area contributed by atoms with Crippen LogP contribution in [-0.2, 0) is 9.53 Å². The molecular formula is C20H38O2. The van der Waals surface area contributed by atoms with Crippen LogP contribution >= 0.6 is 0 Å². The summed E-state index contributed by atoms with van der Waals surface area (Å²) in [5.74, 6) is 0.436. The lowest BCUT2D eigenvalue weighted by Crippen LogP contribution is -2.09.